The molecule has 3 aromatic heterocycles. The standard InChI is InChI=1S/C39H35N2O.C15H18NSi.Ir/c1-23(2)31-21-28(27-13-8-7-9-14-27)22-32(24(3)4)37(31)41-35-18-11-10-17-34(35)40-39(41)30-16-12-15-29-33-19-25(5)26(6)20-36(33)42-38(29)30;1-12-5-7-13(8-6-12)15-10-9-14(11-16-15)17(2,3)4;/h7-15,17-24H,1-6H3;5-7,9-11H,1-4H3;/q2*-1;/i23D,24D;1D3,5D,6D;. The Hall–Kier alpha value is -5.39. The van der Waals surface area contributed by atoms with Crippen molar-refractivity contribution in [3.05, 3.63) is 167 Å². The molecule has 0 spiro atoms. The van der Waals surface area contributed by atoms with Crippen molar-refractivity contribution in [1.29, 1.82) is 0 Å². The summed E-state index contributed by atoms with van der Waals surface area (Å²) in [6, 6.07) is 41.8. The third-order valence-electron chi connectivity index (χ3n) is 10.9. The maximum absolute atomic E-state index is 9.38. The number of furan rings is 1. The van der Waals surface area contributed by atoms with Crippen LogP contribution in [0.4, 0.5) is 0 Å². The van der Waals surface area contributed by atoms with E-state index in [-0.39, 0.29) is 37.8 Å². The molecule has 6 aromatic carbocycles. The SMILES string of the molecule is [2H]C(C)(C)c1cc(-c2ccccc2)cc(C([2H])(C)C)c1-n1c(-c2[c-]ccc3c2oc2cc(C)c(C)cc23)nc2ccccc21.[2H]c1[c-]c(-c2ccc([Si](C)(C)C)cn2)cc([2H])c1C([2H])([2H])[2H].[Ir]. The van der Waals surface area contributed by atoms with Crippen LogP contribution in [0.15, 0.2) is 132 Å². The maximum Gasteiger partial charge on any atom is 0.121 e. The van der Waals surface area contributed by atoms with E-state index in [4.69, 9.17) is 16.3 Å². The van der Waals surface area contributed by atoms with E-state index in [2.05, 4.69) is 104 Å². The largest absolute Gasteiger partial charge is 0.501 e. The summed E-state index contributed by atoms with van der Waals surface area (Å²) in [5.74, 6) is -1.28. The average molecular weight is 987 g/mol. The van der Waals surface area contributed by atoms with Crippen molar-refractivity contribution in [3.8, 4) is 39.5 Å². The van der Waals surface area contributed by atoms with Crippen LogP contribution in [0.25, 0.3) is 72.4 Å². The second-order valence-corrected chi connectivity index (χ2v) is 21.8. The number of nitrogens with zero attached hydrogens (tertiary/aromatic N) is 3. The van der Waals surface area contributed by atoms with Gasteiger partial charge in [0.25, 0.3) is 0 Å². The first-order valence-corrected chi connectivity index (χ1v) is 23.5. The van der Waals surface area contributed by atoms with Gasteiger partial charge in [-0.1, -0.05) is 120 Å². The van der Waals surface area contributed by atoms with Crippen LogP contribution in [-0.4, -0.2) is 22.6 Å². The Morgan fingerprint density at radius 1 is 0.783 bits per heavy atom. The topological polar surface area (TPSA) is 43.9 Å². The predicted octanol–water partition coefficient (Wildman–Crippen LogP) is 14.3. The molecule has 0 N–H and O–H groups in total. The number of aromatic nitrogens is 3. The van der Waals surface area contributed by atoms with Crippen molar-refractivity contribution < 1.29 is 34.1 Å². The van der Waals surface area contributed by atoms with Crippen molar-refractivity contribution >= 4 is 46.2 Å². The Balaban J connectivity index is 0.000000245. The summed E-state index contributed by atoms with van der Waals surface area (Å²) < 4.78 is 65.4. The molecule has 60 heavy (non-hydrogen) atoms. The van der Waals surface area contributed by atoms with Crippen LogP contribution in [0.3, 0.4) is 0 Å². The Labute approximate surface area is 379 Å². The molecule has 0 fully saturated rings. The number of aryl methyl sites for hydroxylation is 2. The Morgan fingerprint density at radius 3 is 2.13 bits per heavy atom. The first-order chi connectivity index (χ1) is 30.9. The molecule has 0 aliphatic carbocycles. The van der Waals surface area contributed by atoms with Crippen LogP contribution in [-0.2, 0) is 20.1 Å². The van der Waals surface area contributed by atoms with Crippen LogP contribution >= 0.6 is 0 Å². The second-order valence-electron chi connectivity index (χ2n) is 16.7. The quantitative estimate of drug-likeness (QED) is 0.118. The molecule has 3 heterocycles. The van der Waals surface area contributed by atoms with Gasteiger partial charge >= 0.3 is 0 Å². The van der Waals surface area contributed by atoms with Gasteiger partial charge in [-0.25, -0.2) is 0 Å². The fourth-order valence-electron chi connectivity index (χ4n) is 7.50. The van der Waals surface area contributed by atoms with Gasteiger partial charge in [0, 0.05) is 47.0 Å². The van der Waals surface area contributed by atoms with Crippen molar-refractivity contribution in [2.75, 3.05) is 0 Å². The van der Waals surface area contributed by atoms with E-state index in [1.807, 2.05) is 88.5 Å². The summed E-state index contributed by atoms with van der Waals surface area (Å²) in [4.78, 5) is 9.58. The minimum Gasteiger partial charge on any atom is -0.501 e. The number of para-hydroxylation sites is 2. The van der Waals surface area contributed by atoms with Gasteiger partial charge in [0.1, 0.15) is 5.58 Å². The molecule has 0 saturated carbocycles. The normalized spacial score (nSPS) is 13.9. The number of fused-ring (bicyclic) bond motifs is 4. The third kappa shape index (κ3) is 8.34. The molecule has 0 unspecified atom stereocenters. The monoisotopic (exact) mass is 987 g/mol. The molecular formula is C54H53IrN3OSi-2. The van der Waals surface area contributed by atoms with Gasteiger partial charge in [-0.2, -0.15) is 0 Å². The summed E-state index contributed by atoms with van der Waals surface area (Å²) in [5.41, 5.74) is 11.7. The zero-order valence-electron chi connectivity index (χ0n) is 42.6. The molecule has 1 radical (unpaired) electrons. The predicted molar refractivity (Wildman–Crippen MR) is 252 cm³/mol. The molecule has 305 valence electrons. The first-order valence-electron chi connectivity index (χ1n) is 23.5. The minimum atomic E-state index is -2.47. The zero-order chi connectivity index (χ0) is 47.7. The molecular weight excluding hydrogens is 927 g/mol. The van der Waals surface area contributed by atoms with Gasteiger partial charge in [0.2, 0.25) is 0 Å². The van der Waals surface area contributed by atoms with Crippen molar-refractivity contribution in [2.24, 2.45) is 0 Å². The summed E-state index contributed by atoms with van der Waals surface area (Å²) >= 11 is 0. The van der Waals surface area contributed by atoms with E-state index in [9.17, 15) is 2.74 Å². The van der Waals surface area contributed by atoms with E-state index in [1.54, 1.807) is 0 Å². The minimum absolute atomic E-state index is 0. The molecule has 0 atom stereocenters. The average Bonchev–Trinajstić information content (AvgIpc) is 3.80. The van der Waals surface area contributed by atoms with E-state index < -0.39 is 26.7 Å². The molecule has 0 aliphatic heterocycles. The number of rotatable bonds is 7. The smallest absolute Gasteiger partial charge is 0.121 e. The van der Waals surface area contributed by atoms with Gasteiger partial charge in [0.15, 0.2) is 0 Å². The fraction of sp³-hybridized carbons (Fsp3) is 0.222. The fourth-order valence-corrected chi connectivity index (χ4v) is 8.53. The van der Waals surface area contributed by atoms with Gasteiger partial charge in [-0.3, -0.25) is 4.98 Å². The van der Waals surface area contributed by atoms with Gasteiger partial charge in [0.05, 0.1) is 30.5 Å². The van der Waals surface area contributed by atoms with Crippen LogP contribution in [0.2, 0.25) is 19.6 Å². The summed E-state index contributed by atoms with van der Waals surface area (Å²) in [6.45, 7) is 16.1. The Morgan fingerprint density at radius 2 is 1.48 bits per heavy atom. The van der Waals surface area contributed by atoms with Crippen LogP contribution in [0.1, 0.15) is 76.9 Å². The Bertz CT molecular complexity index is 3230. The van der Waals surface area contributed by atoms with Crippen LogP contribution in [0, 0.1) is 32.8 Å². The number of imidazole rings is 1. The second kappa shape index (κ2) is 17.3. The van der Waals surface area contributed by atoms with E-state index in [1.165, 1.54) is 22.4 Å². The molecule has 0 saturated heterocycles. The summed E-state index contributed by atoms with van der Waals surface area (Å²) in [5, 5.41) is 3.29. The van der Waals surface area contributed by atoms with E-state index in [0.717, 1.165) is 66.5 Å². The summed E-state index contributed by atoms with van der Waals surface area (Å²) in [7, 11) is -1.43. The van der Waals surface area contributed by atoms with Gasteiger partial charge in [-0.15, -0.1) is 53.5 Å². The van der Waals surface area contributed by atoms with Crippen molar-refractivity contribution in [1.82, 2.24) is 14.5 Å². The molecule has 4 nitrogen and oxygen atoms in total. The van der Waals surface area contributed by atoms with E-state index >= 15 is 0 Å². The van der Waals surface area contributed by atoms with E-state index in [0.29, 0.717) is 17.1 Å². The Kier molecular flexibility index (Phi) is 9.90. The molecule has 6 heteroatoms. The number of hydrogen-bond acceptors (Lipinski definition) is 3. The molecule has 0 aliphatic rings. The molecule has 9 aromatic rings. The number of hydrogen-bond donors (Lipinski definition) is 0. The zero-order valence-corrected chi connectivity index (χ0v) is 38.9. The van der Waals surface area contributed by atoms with Crippen molar-refractivity contribution in [3.63, 3.8) is 0 Å². The summed E-state index contributed by atoms with van der Waals surface area (Å²) in [6.07, 6.45) is 1.82. The molecule has 0 bridgehead atoms. The van der Waals surface area contributed by atoms with Crippen LogP contribution in [0.5, 0.6) is 0 Å². The van der Waals surface area contributed by atoms with Gasteiger partial charge < -0.3 is 14.0 Å². The van der Waals surface area contributed by atoms with Gasteiger partial charge in [-0.05, 0) is 106 Å². The van der Waals surface area contributed by atoms with Crippen molar-refractivity contribution in [2.45, 2.75) is 79.8 Å². The number of benzene rings is 6. The number of pyridine rings is 1. The molecule has 9 rings (SSSR count). The molecule has 0 amide bonds. The first kappa shape index (κ1) is 34.3. The maximum atomic E-state index is 9.38. The van der Waals surface area contributed by atoms with Crippen LogP contribution < -0.4 is 5.19 Å². The third-order valence-corrected chi connectivity index (χ3v) is 13.0.